The molecule has 0 heterocycles. The molecule has 0 aliphatic heterocycles. The van der Waals surface area contributed by atoms with Gasteiger partial charge in [-0.15, -0.1) is 0 Å². The van der Waals surface area contributed by atoms with Crippen molar-refractivity contribution < 1.29 is 23.4 Å². The molecule has 19 heavy (non-hydrogen) atoms. The topological polar surface area (TPSA) is 91.7 Å². The molecule has 1 aliphatic rings. The van der Waals surface area contributed by atoms with Crippen LogP contribution in [0.2, 0.25) is 0 Å². The lowest BCUT2D eigenvalue weighted by molar-refractivity contribution is -0.138. The number of hydrogen-bond donors (Lipinski definition) is 2. The van der Waals surface area contributed by atoms with Gasteiger partial charge < -0.3 is 10.2 Å². The van der Waals surface area contributed by atoms with Crippen LogP contribution in [-0.2, 0) is 20.4 Å². The molecule has 0 unspecified atom stereocenters. The Morgan fingerprint density at radius 1 is 1.21 bits per heavy atom. The number of aliphatic carboxylic acids is 1. The van der Waals surface area contributed by atoms with E-state index in [1.165, 1.54) is 12.1 Å². The van der Waals surface area contributed by atoms with Crippen LogP contribution in [0, 0.1) is 5.41 Å². The van der Waals surface area contributed by atoms with E-state index in [0.29, 0.717) is 18.4 Å². The number of sulfone groups is 1. The van der Waals surface area contributed by atoms with Gasteiger partial charge in [0.15, 0.2) is 9.84 Å². The number of carboxylic acid groups (broad SMARTS) is 1. The summed E-state index contributed by atoms with van der Waals surface area (Å²) in [6, 6.07) is 6.00. The molecule has 1 saturated carbocycles. The van der Waals surface area contributed by atoms with E-state index in [4.69, 9.17) is 10.2 Å². The van der Waals surface area contributed by atoms with Crippen molar-refractivity contribution in [3.8, 4) is 5.75 Å². The minimum absolute atomic E-state index is 0.0762. The predicted octanol–water partition coefficient (Wildman–Crippen LogP) is 1.56. The van der Waals surface area contributed by atoms with E-state index in [2.05, 4.69) is 0 Å². The van der Waals surface area contributed by atoms with Gasteiger partial charge in [-0.25, -0.2) is 8.42 Å². The fourth-order valence-corrected chi connectivity index (χ4v) is 4.36. The number of carbonyl (C=O) groups is 1. The summed E-state index contributed by atoms with van der Waals surface area (Å²) in [6.07, 6.45) is 1.24. The molecule has 6 heteroatoms. The lowest BCUT2D eigenvalue weighted by Crippen LogP contribution is -2.21. The second-order valence-electron chi connectivity index (χ2n) is 5.27. The first-order valence-corrected chi connectivity index (χ1v) is 7.83. The molecule has 2 N–H and O–H groups in total. The van der Waals surface area contributed by atoms with E-state index in [1.54, 1.807) is 12.1 Å². The standard InChI is InChI=1S/C13H16O5S/c14-11-3-1-10(2-4-11)8-19(17,18)9-13(5-6-13)7-12(15)16/h1-4,14H,5-9H2,(H,15,16). The highest BCUT2D eigenvalue weighted by Gasteiger charge is 2.47. The summed E-state index contributed by atoms with van der Waals surface area (Å²) in [5.74, 6) is -1.05. The van der Waals surface area contributed by atoms with Gasteiger partial charge >= 0.3 is 5.97 Å². The van der Waals surface area contributed by atoms with Crippen molar-refractivity contribution in [2.75, 3.05) is 5.75 Å². The maximum Gasteiger partial charge on any atom is 0.303 e. The second-order valence-corrected chi connectivity index (χ2v) is 7.33. The van der Waals surface area contributed by atoms with Gasteiger partial charge in [0.2, 0.25) is 0 Å². The molecule has 2 rings (SSSR count). The smallest absolute Gasteiger partial charge is 0.303 e. The summed E-state index contributed by atoms with van der Waals surface area (Å²) >= 11 is 0. The molecule has 1 aromatic carbocycles. The fraction of sp³-hybridized carbons (Fsp3) is 0.462. The monoisotopic (exact) mass is 284 g/mol. The molecular formula is C13H16O5S. The van der Waals surface area contributed by atoms with E-state index in [0.717, 1.165) is 0 Å². The summed E-state index contributed by atoms with van der Waals surface area (Å²) in [7, 11) is -3.33. The van der Waals surface area contributed by atoms with Crippen LogP contribution in [0.4, 0.5) is 0 Å². The average molecular weight is 284 g/mol. The van der Waals surface area contributed by atoms with E-state index in [1.807, 2.05) is 0 Å². The highest BCUT2D eigenvalue weighted by Crippen LogP contribution is 2.50. The zero-order chi connectivity index (χ0) is 14.1. The third-order valence-electron chi connectivity index (χ3n) is 3.33. The molecule has 0 amide bonds. The Morgan fingerprint density at radius 3 is 2.26 bits per heavy atom. The minimum Gasteiger partial charge on any atom is -0.508 e. The van der Waals surface area contributed by atoms with Crippen LogP contribution < -0.4 is 0 Å². The second kappa shape index (κ2) is 4.85. The number of aromatic hydroxyl groups is 1. The molecule has 0 spiro atoms. The maximum absolute atomic E-state index is 12.1. The summed E-state index contributed by atoms with van der Waals surface area (Å²) in [5, 5.41) is 17.9. The molecule has 104 valence electrons. The van der Waals surface area contributed by atoms with E-state index in [9.17, 15) is 13.2 Å². The zero-order valence-corrected chi connectivity index (χ0v) is 11.2. The summed E-state index contributed by atoms with van der Waals surface area (Å²) in [5.41, 5.74) is 0.0469. The quantitative estimate of drug-likeness (QED) is 0.827. The first kappa shape index (κ1) is 13.9. The molecule has 0 bridgehead atoms. The Labute approximate surface area is 111 Å². The highest BCUT2D eigenvalue weighted by molar-refractivity contribution is 7.90. The van der Waals surface area contributed by atoms with Crippen molar-refractivity contribution in [1.82, 2.24) is 0 Å². The molecule has 0 saturated heterocycles. The van der Waals surface area contributed by atoms with Gasteiger partial charge in [0, 0.05) is 0 Å². The largest absolute Gasteiger partial charge is 0.508 e. The van der Waals surface area contributed by atoms with Crippen LogP contribution >= 0.6 is 0 Å². The predicted molar refractivity (Wildman–Crippen MR) is 69.5 cm³/mol. The van der Waals surface area contributed by atoms with Crippen molar-refractivity contribution in [1.29, 1.82) is 0 Å². The van der Waals surface area contributed by atoms with Crippen LogP contribution in [0.25, 0.3) is 0 Å². The molecule has 1 aromatic rings. The summed E-state index contributed by atoms with van der Waals surface area (Å²) in [6.45, 7) is 0. The molecule has 5 nitrogen and oxygen atoms in total. The SMILES string of the molecule is O=C(O)CC1(CS(=O)(=O)Cc2ccc(O)cc2)CC1. The Hall–Kier alpha value is -1.56. The molecule has 0 aromatic heterocycles. The molecule has 1 aliphatic carbocycles. The van der Waals surface area contributed by atoms with E-state index in [-0.39, 0.29) is 23.7 Å². The third kappa shape index (κ3) is 3.96. The van der Waals surface area contributed by atoms with Crippen LogP contribution in [0.15, 0.2) is 24.3 Å². The number of carboxylic acids is 1. The van der Waals surface area contributed by atoms with Gasteiger partial charge in [-0.2, -0.15) is 0 Å². The Bertz CT molecular complexity index is 570. The lowest BCUT2D eigenvalue weighted by atomic mass is 10.1. The fourth-order valence-electron chi connectivity index (χ4n) is 2.23. The first-order chi connectivity index (χ1) is 8.80. The van der Waals surface area contributed by atoms with Crippen molar-refractivity contribution in [3.63, 3.8) is 0 Å². The molecule has 1 fully saturated rings. The van der Waals surface area contributed by atoms with Crippen molar-refractivity contribution >= 4 is 15.8 Å². The van der Waals surface area contributed by atoms with Crippen LogP contribution in [0.1, 0.15) is 24.8 Å². The van der Waals surface area contributed by atoms with Crippen molar-refractivity contribution in [3.05, 3.63) is 29.8 Å². The van der Waals surface area contributed by atoms with Gasteiger partial charge in [-0.3, -0.25) is 4.79 Å². The molecule has 0 atom stereocenters. The summed E-state index contributed by atoms with van der Waals surface area (Å²) in [4.78, 5) is 10.7. The number of hydrogen-bond acceptors (Lipinski definition) is 4. The molecular weight excluding hydrogens is 268 g/mol. The van der Waals surface area contributed by atoms with Gasteiger partial charge in [0.25, 0.3) is 0 Å². The van der Waals surface area contributed by atoms with Crippen molar-refractivity contribution in [2.45, 2.75) is 25.0 Å². The first-order valence-electron chi connectivity index (χ1n) is 6.00. The van der Waals surface area contributed by atoms with Crippen LogP contribution in [0.3, 0.4) is 0 Å². The van der Waals surface area contributed by atoms with Crippen LogP contribution in [0.5, 0.6) is 5.75 Å². The minimum atomic E-state index is -3.33. The number of phenols is 1. The Kier molecular flexibility index (Phi) is 3.54. The average Bonchev–Trinajstić information content (AvgIpc) is 2.98. The third-order valence-corrected chi connectivity index (χ3v) is 5.16. The van der Waals surface area contributed by atoms with Gasteiger partial charge in [0.05, 0.1) is 17.9 Å². The van der Waals surface area contributed by atoms with Gasteiger partial charge in [0.1, 0.15) is 5.75 Å². The van der Waals surface area contributed by atoms with Crippen molar-refractivity contribution in [2.24, 2.45) is 5.41 Å². The Balaban J connectivity index is 2.03. The van der Waals surface area contributed by atoms with Gasteiger partial charge in [-0.05, 0) is 36.0 Å². The lowest BCUT2D eigenvalue weighted by Gasteiger charge is -2.12. The van der Waals surface area contributed by atoms with E-state index < -0.39 is 21.2 Å². The molecule has 0 radical (unpaired) electrons. The summed E-state index contributed by atoms with van der Waals surface area (Å²) < 4.78 is 24.1. The van der Waals surface area contributed by atoms with E-state index >= 15 is 0 Å². The highest BCUT2D eigenvalue weighted by atomic mass is 32.2. The number of benzene rings is 1. The zero-order valence-electron chi connectivity index (χ0n) is 10.4. The maximum atomic E-state index is 12.1. The number of phenolic OH excluding ortho intramolecular Hbond substituents is 1. The van der Waals surface area contributed by atoms with Gasteiger partial charge in [-0.1, -0.05) is 12.1 Å². The number of rotatable bonds is 6. The Morgan fingerprint density at radius 2 is 1.79 bits per heavy atom. The van der Waals surface area contributed by atoms with Crippen LogP contribution in [-0.4, -0.2) is 30.4 Å². The normalized spacial score (nSPS) is 17.1.